The van der Waals surface area contributed by atoms with Crippen LogP contribution in [-0.2, 0) is 4.79 Å². The Morgan fingerprint density at radius 3 is 2.90 bits per heavy atom. The third-order valence-corrected chi connectivity index (χ3v) is 5.35. The molecule has 2 rings (SSSR count). The first-order valence-electron chi connectivity index (χ1n) is 6.82. The number of amides is 1. The van der Waals surface area contributed by atoms with Crippen molar-refractivity contribution in [1.29, 1.82) is 0 Å². The normalized spacial score (nSPS) is 12.1. The first-order chi connectivity index (χ1) is 10.1. The maximum Gasteiger partial charge on any atom is 0.248 e. The van der Waals surface area contributed by atoms with E-state index in [0.29, 0.717) is 11.7 Å². The highest BCUT2D eigenvalue weighted by Gasteiger charge is 2.08. The molecule has 1 heterocycles. The predicted octanol–water partition coefficient (Wildman–Crippen LogP) is 3.57. The molecule has 0 saturated carbocycles. The molecule has 0 fully saturated rings. The average molecular weight is 321 g/mol. The van der Waals surface area contributed by atoms with Gasteiger partial charge in [-0.2, -0.15) is 0 Å². The summed E-state index contributed by atoms with van der Waals surface area (Å²) >= 11 is 3.05. The molecule has 112 valence electrons. The summed E-state index contributed by atoms with van der Waals surface area (Å²) in [6.45, 7) is 8.05. The molecule has 0 aliphatic rings. The molecule has 2 aromatic rings. The van der Waals surface area contributed by atoms with Gasteiger partial charge in [0, 0.05) is 5.70 Å². The van der Waals surface area contributed by atoms with Gasteiger partial charge in [-0.25, -0.2) is 4.98 Å². The number of rotatable bonds is 7. The van der Waals surface area contributed by atoms with Crippen molar-refractivity contribution in [2.75, 3.05) is 5.75 Å². The number of benzene rings is 1. The minimum Gasteiger partial charge on any atom is -0.303 e. The van der Waals surface area contributed by atoms with Gasteiger partial charge in [-0.3, -0.25) is 10.2 Å². The van der Waals surface area contributed by atoms with Gasteiger partial charge in [-0.15, -0.1) is 11.3 Å². The van der Waals surface area contributed by atoms with Crippen LogP contribution < -0.4 is 10.9 Å². The number of hydrogen-bond acceptors (Lipinski definition) is 5. The fourth-order valence-corrected chi connectivity index (χ4v) is 3.46. The van der Waals surface area contributed by atoms with E-state index in [1.54, 1.807) is 11.3 Å². The Hall–Kier alpha value is -1.53. The molecule has 4 nitrogen and oxygen atoms in total. The molecule has 0 radical (unpaired) electrons. The second-order valence-electron chi connectivity index (χ2n) is 4.74. The van der Waals surface area contributed by atoms with E-state index in [1.165, 1.54) is 11.8 Å². The lowest BCUT2D eigenvalue weighted by Gasteiger charge is -2.15. The van der Waals surface area contributed by atoms with E-state index in [2.05, 4.69) is 36.3 Å². The molecule has 0 saturated heterocycles. The van der Waals surface area contributed by atoms with Crippen molar-refractivity contribution in [3.05, 3.63) is 36.5 Å². The second-order valence-corrected chi connectivity index (χ2v) is 7.00. The number of thiazole rings is 1. The molecular weight excluding hydrogens is 302 g/mol. The maximum atomic E-state index is 11.8. The standard InChI is InChI=1S/C15H19N3OS2/c1-4-10(2)11(3)17-18-14(19)9-20-15-16-12-7-5-6-8-13(12)21-15/h5-8,10,17H,3-4,9H2,1-2H3,(H,18,19)/t10-/m1/s1. The van der Waals surface area contributed by atoms with Crippen LogP contribution in [0.4, 0.5) is 0 Å². The van der Waals surface area contributed by atoms with Crippen molar-refractivity contribution in [2.45, 2.75) is 24.6 Å². The Kier molecular flexibility index (Phi) is 5.64. The Morgan fingerprint density at radius 1 is 1.43 bits per heavy atom. The van der Waals surface area contributed by atoms with E-state index >= 15 is 0 Å². The van der Waals surface area contributed by atoms with E-state index in [0.717, 1.165) is 26.7 Å². The van der Waals surface area contributed by atoms with Crippen LogP contribution in [0.1, 0.15) is 20.3 Å². The van der Waals surface area contributed by atoms with Crippen molar-refractivity contribution >= 4 is 39.2 Å². The van der Waals surface area contributed by atoms with Crippen molar-refractivity contribution in [1.82, 2.24) is 15.8 Å². The smallest absolute Gasteiger partial charge is 0.248 e. The summed E-state index contributed by atoms with van der Waals surface area (Å²) in [5.41, 5.74) is 7.35. The topological polar surface area (TPSA) is 54.0 Å². The number of allylic oxidation sites excluding steroid dienone is 1. The highest BCUT2D eigenvalue weighted by atomic mass is 32.2. The maximum absolute atomic E-state index is 11.8. The van der Waals surface area contributed by atoms with E-state index < -0.39 is 0 Å². The highest BCUT2D eigenvalue weighted by Crippen LogP contribution is 2.28. The molecule has 0 aliphatic heterocycles. The number of carbonyl (C=O) groups is 1. The summed E-state index contributed by atoms with van der Waals surface area (Å²) in [6.07, 6.45) is 0.988. The van der Waals surface area contributed by atoms with Crippen LogP contribution in [0.15, 0.2) is 40.9 Å². The zero-order valence-corrected chi connectivity index (χ0v) is 13.8. The van der Waals surface area contributed by atoms with E-state index in [1.807, 2.05) is 24.3 Å². The van der Waals surface area contributed by atoms with Gasteiger partial charge in [0.2, 0.25) is 5.91 Å². The predicted molar refractivity (Wildman–Crippen MR) is 90.2 cm³/mol. The number of nitrogens with zero attached hydrogens (tertiary/aromatic N) is 1. The minimum absolute atomic E-state index is 0.0799. The lowest BCUT2D eigenvalue weighted by atomic mass is 10.1. The van der Waals surface area contributed by atoms with Gasteiger partial charge in [-0.05, 0) is 24.5 Å². The van der Waals surface area contributed by atoms with Crippen molar-refractivity contribution < 1.29 is 4.79 Å². The summed E-state index contributed by atoms with van der Waals surface area (Å²) in [7, 11) is 0. The quantitative estimate of drug-likeness (QED) is 0.605. The lowest BCUT2D eigenvalue weighted by molar-refractivity contribution is -0.119. The molecule has 6 heteroatoms. The zero-order valence-electron chi connectivity index (χ0n) is 12.2. The fourth-order valence-electron chi connectivity index (χ4n) is 1.60. The molecule has 1 aromatic carbocycles. The van der Waals surface area contributed by atoms with Gasteiger partial charge in [0.1, 0.15) is 0 Å². The van der Waals surface area contributed by atoms with Gasteiger partial charge in [0.15, 0.2) is 4.34 Å². The molecule has 21 heavy (non-hydrogen) atoms. The van der Waals surface area contributed by atoms with Gasteiger partial charge < -0.3 is 5.43 Å². The van der Waals surface area contributed by atoms with Crippen LogP contribution in [0.5, 0.6) is 0 Å². The van der Waals surface area contributed by atoms with Gasteiger partial charge >= 0.3 is 0 Å². The summed E-state index contributed by atoms with van der Waals surface area (Å²) < 4.78 is 2.05. The van der Waals surface area contributed by atoms with E-state index in [4.69, 9.17) is 0 Å². The molecule has 0 spiro atoms. The Morgan fingerprint density at radius 2 is 2.19 bits per heavy atom. The van der Waals surface area contributed by atoms with Gasteiger partial charge in [-0.1, -0.05) is 44.3 Å². The van der Waals surface area contributed by atoms with Gasteiger partial charge in [0.25, 0.3) is 0 Å². The van der Waals surface area contributed by atoms with Gasteiger partial charge in [0.05, 0.1) is 16.0 Å². The van der Waals surface area contributed by atoms with Crippen LogP contribution in [0.25, 0.3) is 10.2 Å². The van der Waals surface area contributed by atoms with Crippen molar-refractivity contribution in [3.8, 4) is 0 Å². The Balaban J connectivity index is 1.80. The minimum atomic E-state index is -0.0799. The first-order valence-corrected chi connectivity index (χ1v) is 8.62. The molecule has 0 bridgehead atoms. The number of nitrogens with one attached hydrogen (secondary N) is 2. The molecule has 0 aliphatic carbocycles. The highest BCUT2D eigenvalue weighted by molar-refractivity contribution is 8.01. The van der Waals surface area contributed by atoms with E-state index in [9.17, 15) is 4.79 Å². The van der Waals surface area contributed by atoms with Crippen molar-refractivity contribution in [2.24, 2.45) is 5.92 Å². The van der Waals surface area contributed by atoms with Crippen LogP contribution in [-0.4, -0.2) is 16.6 Å². The van der Waals surface area contributed by atoms with E-state index in [-0.39, 0.29) is 5.91 Å². The number of thioether (sulfide) groups is 1. The zero-order chi connectivity index (χ0) is 15.2. The van der Waals surface area contributed by atoms with Crippen LogP contribution in [0.2, 0.25) is 0 Å². The average Bonchev–Trinajstić information content (AvgIpc) is 2.92. The van der Waals surface area contributed by atoms with Crippen molar-refractivity contribution in [3.63, 3.8) is 0 Å². The molecule has 1 amide bonds. The molecule has 0 unspecified atom stereocenters. The SMILES string of the molecule is C=C(NNC(=O)CSc1nc2ccccc2s1)[C@H](C)CC. The Bertz CT molecular complexity index is 606. The lowest BCUT2D eigenvalue weighted by Crippen LogP contribution is -2.39. The number of carbonyl (C=O) groups excluding carboxylic acids is 1. The number of para-hydroxylation sites is 1. The number of fused-ring (bicyclic) bond motifs is 1. The summed E-state index contributed by atoms with van der Waals surface area (Å²) in [5, 5.41) is 0. The van der Waals surface area contributed by atoms with Crippen LogP contribution in [0, 0.1) is 5.92 Å². The van der Waals surface area contributed by atoms with Crippen LogP contribution in [0.3, 0.4) is 0 Å². The largest absolute Gasteiger partial charge is 0.303 e. The first kappa shape index (κ1) is 15.9. The molecule has 1 atom stereocenters. The molecule has 2 N–H and O–H groups in total. The Labute approximate surface area is 133 Å². The fraction of sp³-hybridized carbons (Fsp3) is 0.333. The third kappa shape index (κ3) is 4.47. The summed E-state index contributed by atoms with van der Waals surface area (Å²) in [4.78, 5) is 16.3. The summed E-state index contributed by atoms with van der Waals surface area (Å²) in [6, 6.07) is 7.97. The van der Waals surface area contributed by atoms with Crippen LogP contribution >= 0.6 is 23.1 Å². The monoisotopic (exact) mass is 321 g/mol. The second kappa shape index (κ2) is 7.47. The molecular formula is C15H19N3OS2. The molecule has 1 aromatic heterocycles. The number of hydrazine groups is 1. The number of aromatic nitrogens is 1. The third-order valence-electron chi connectivity index (χ3n) is 3.17. The number of hydrogen-bond donors (Lipinski definition) is 2. The summed E-state index contributed by atoms with van der Waals surface area (Å²) in [5.74, 6) is 0.589.